The number of carbonyl (C=O) groups excluding carboxylic acids is 1. The van der Waals surface area contributed by atoms with Crippen molar-refractivity contribution in [3.8, 4) is 0 Å². The van der Waals surface area contributed by atoms with Gasteiger partial charge >= 0.3 is 0 Å². The molecule has 0 radical (unpaired) electrons. The molecule has 2 fully saturated rings. The average molecular weight is 429 g/mol. The maximum Gasteiger partial charge on any atom is 0.269 e. The van der Waals surface area contributed by atoms with Gasteiger partial charge in [-0.25, -0.2) is 0 Å². The van der Waals surface area contributed by atoms with Gasteiger partial charge in [0.1, 0.15) is 11.3 Å². The molecule has 0 bridgehead atoms. The molecule has 32 heavy (non-hydrogen) atoms. The molecule has 6 rings (SSSR count). The summed E-state index contributed by atoms with van der Waals surface area (Å²) in [7, 11) is 0. The minimum atomic E-state index is -0.139. The van der Waals surface area contributed by atoms with Gasteiger partial charge in [0.05, 0.1) is 0 Å². The first-order valence-corrected chi connectivity index (χ1v) is 10.9. The van der Waals surface area contributed by atoms with Gasteiger partial charge in [0, 0.05) is 49.2 Å². The molecule has 1 amide bonds. The van der Waals surface area contributed by atoms with Crippen LogP contribution in [0.2, 0.25) is 0 Å². The Morgan fingerprint density at radius 3 is 2.91 bits per heavy atom. The Morgan fingerprint density at radius 1 is 1.12 bits per heavy atom. The highest BCUT2D eigenvalue weighted by molar-refractivity contribution is 5.93. The summed E-state index contributed by atoms with van der Waals surface area (Å²) in [5.41, 5.74) is 2.32. The number of amides is 1. The van der Waals surface area contributed by atoms with Crippen molar-refractivity contribution in [2.75, 3.05) is 23.3 Å². The van der Waals surface area contributed by atoms with Crippen molar-refractivity contribution in [3.05, 3.63) is 60.2 Å². The van der Waals surface area contributed by atoms with E-state index in [0.717, 1.165) is 43.7 Å². The summed E-state index contributed by atoms with van der Waals surface area (Å²) in [6, 6.07) is 11.9. The molecular formula is C22H23N9O. The molecule has 1 aliphatic carbocycles. The van der Waals surface area contributed by atoms with Crippen molar-refractivity contribution in [1.82, 2.24) is 34.9 Å². The summed E-state index contributed by atoms with van der Waals surface area (Å²) in [6.45, 7) is 1.69. The van der Waals surface area contributed by atoms with Gasteiger partial charge in [-0.3, -0.25) is 19.3 Å². The van der Waals surface area contributed by atoms with Gasteiger partial charge in [0.15, 0.2) is 5.82 Å². The summed E-state index contributed by atoms with van der Waals surface area (Å²) in [5.74, 6) is 2.01. The smallest absolute Gasteiger partial charge is 0.269 e. The van der Waals surface area contributed by atoms with Crippen LogP contribution < -0.4 is 15.5 Å². The molecule has 1 aliphatic heterocycles. The first-order chi connectivity index (χ1) is 15.7. The molecule has 1 saturated heterocycles. The SMILES string of the molecule is O=C(NC1CC1)c1cc(Nc2nc(N3CCC(c4ccccn4)C3)nc3cccn23)n[nH]1. The highest BCUT2D eigenvalue weighted by atomic mass is 16.2. The fourth-order valence-corrected chi connectivity index (χ4v) is 4.06. The van der Waals surface area contributed by atoms with Crippen LogP contribution in [0.5, 0.6) is 0 Å². The van der Waals surface area contributed by atoms with Crippen LogP contribution in [0.1, 0.15) is 41.4 Å². The molecule has 10 nitrogen and oxygen atoms in total. The molecule has 10 heteroatoms. The van der Waals surface area contributed by atoms with Gasteiger partial charge in [-0.1, -0.05) is 6.07 Å². The lowest BCUT2D eigenvalue weighted by Gasteiger charge is -2.18. The van der Waals surface area contributed by atoms with Gasteiger partial charge in [-0.15, -0.1) is 0 Å². The minimum Gasteiger partial charge on any atom is -0.348 e. The number of anilines is 3. The fourth-order valence-electron chi connectivity index (χ4n) is 4.06. The molecule has 4 aromatic heterocycles. The van der Waals surface area contributed by atoms with Crippen LogP contribution >= 0.6 is 0 Å². The van der Waals surface area contributed by atoms with E-state index in [-0.39, 0.29) is 5.91 Å². The van der Waals surface area contributed by atoms with Crippen LogP contribution in [0.25, 0.3) is 5.65 Å². The number of nitrogens with one attached hydrogen (secondary N) is 3. The topological polar surface area (TPSA) is 116 Å². The lowest BCUT2D eigenvalue weighted by molar-refractivity contribution is 0.0946. The predicted molar refractivity (Wildman–Crippen MR) is 119 cm³/mol. The molecule has 2 aliphatic rings. The maximum atomic E-state index is 12.3. The highest BCUT2D eigenvalue weighted by Crippen LogP contribution is 2.29. The van der Waals surface area contributed by atoms with E-state index in [4.69, 9.17) is 9.97 Å². The maximum absolute atomic E-state index is 12.3. The summed E-state index contributed by atoms with van der Waals surface area (Å²) >= 11 is 0. The van der Waals surface area contributed by atoms with E-state index < -0.39 is 0 Å². The second-order valence-electron chi connectivity index (χ2n) is 8.31. The summed E-state index contributed by atoms with van der Waals surface area (Å²) in [5, 5.41) is 13.2. The van der Waals surface area contributed by atoms with Gasteiger partial charge in [-0.2, -0.15) is 15.1 Å². The molecule has 4 aromatic rings. The first kappa shape index (κ1) is 18.8. The lowest BCUT2D eigenvalue weighted by atomic mass is 10.0. The standard InChI is InChI=1S/C22H23N9O/c32-20(24-15-6-7-15)17-12-18(29-28-17)25-22-27-21(26-19-5-3-10-31(19)22)30-11-8-14(13-30)16-4-1-2-9-23-16/h1-5,9-10,12,14-15H,6-8,11,13H2,(H,24,32)(H2,25,26,27,28,29). The summed E-state index contributed by atoms with van der Waals surface area (Å²) in [4.78, 5) is 28.5. The van der Waals surface area contributed by atoms with Crippen molar-refractivity contribution in [2.24, 2.45) is 0 Å². The van der Waals surface area contributed by atoms with Gasteiger partial charge in [0.2, 0.25) is 11.9 Å². The monoisotopic (exact) mass is 429 g/mol. The summed E-state index contributed by atoms with van der Waals surface area (Å²) in [6.07, 6.45) is 6.83. The quantitative estimate of drug-likeness (QED) is 0.431. The van der Waals surface area contributed by atoms with Crippen molar-refractivity contribution in [2.45, 2.75) is 31.2 Å². The molecule has 5 heterocycles. The van der Waals surface area contributed by atoms with E-state index >= 15 is 0 Å². The number of nitrogens with zero attached hydrogens (tertiary/aromatic N) is 6. The third-order valence-corrected chi connectivity index (χ3v) is 5.93. The number of hydrogen-bond acceptors (Lipinski definition) is 7. The Kier molecular flexibility index (Phi) is 4.48. The van der Waals surface area contributed by atoms with E-state index in [1.54, 1.807) is 6.07 Å². The van der Waals surface area contributed by atoms with Gasteiger partial charge in [0.25, 0.3) is 5.91 Å². The van der Waals surface area contributed by atoms with E-state index in [0.29, 0.717) is 35.4 Å². The van der Waals surface area contributed by atoms with Crippen LogP contribution in [0.15, 0.2) is 48.8 Å². The second kappa shape index (κ2) is 7.63. The molecule has 162 valence electrons. The number of hydrogen-bond donors (Lipinski definition) is 3. The third kappa shape index (κ3) is 3.64. The molecular weight excluding hydrogens is 406 g/mol. The number of carbonyl (C=O) groups is 1. The Labute approximate surface area is 184 Å². The number of aromatic nitrogens is 6. The van der Waals surface area contributed by atoms with Crippen molar-refractivity contribution < 1.29 is 4.79 Å². The molecule has 1 saturated carbocycles. The molecule has 0 aromatic carbocycles. The van der Waals surface area contributed by atoms with Crippen LogP contribution in [-0.2, 0) is 0 Å². The molecule has 1 unspecified atom stereocenters. The lowest BCUT2D eigenvalue weighted by Crippen LogP contribution is -2.25. The van der Waals surface area contributed by atoms with Crippen LogP contribution in [0, 0.1) is 0 Å². The molecule has 0 spiro atoms. The van der Waals surface area contributed by atoms with Crippen molar-refractivity contribution >= 4 is 29.3 Å². The third-order valence-electron chi connectivity index (χ3n) is 5.93. The van der Waals surface area contributed by atoms with Gasteiger partial charge < -0.3 is 15.5 Å². The Bertz CT molecular complexity index is 1260. The van der Waals surface area contributed by atoms with Crippen LogP contribution in [-0.4, -0.2) is 54.6 Å². The first-order valence-electron chi connectivity index (χ1n) is 10.9. The molecule has 3 N–H and O–H groups in total. The van der Waals surface area contributed by atoms with E-state index in [9.17, 15) is 4.79 Å². The number of pyridine rings is 1. The van der Waals surface area contributed by atoms with E-state index in [1.165, 1.54) is 0 Å². The predicted octanol–water partition coefficient (Wildman–Crippen LogP) is 2.48. The summed E-state index contributed by atoms with van der Waals surface area (Å²) < 4.78 is 1.87. The zero-order chi connectivity index (χ0) is 21.5. The van der Waals surface area contributed by atoms with Crippen LogP contribution in [0.4, 0.5) is 17.7 Å². The zero-order valence-electron chi connectivity index (χ0n) is 17.4. The largest absolute Gasteiger partial charge is 0.348 e. The second-order valence-corrected chi connectivity index (χ2v) is 8.31. The number of fused-ring (bicyclic) bond motifs is 1. The number of H-pyrrole nitrogens is 1. The van der Waals surface area contributed by atoms with Crippen molar-refractivity contribution in [3.63, 3.8) is 0 Å². The average Bonchev–Trinajstić information content (AvgIpc) is 3.23. The Balaban J connectivity index is 1.24. The Morgan fingerprint density at radius 2 is 2.06 bits per heavy atom. The minimum absolute atomic E-state index is 0.139. The normalized spacial score (nSPS) is 18.2. The Hall–Kier alpha value is -3.95. The van der Waals surface area contributed by atoms with E-state index in [2.05, 4.69) is 36.8 Å². The van der Waals surface area contributed by atoms with Crippen molar-refractivity contribution in [1.29, 1.82) is 0 Å². The highest BCUT2D eigenvalue weighted by Gasteiger charge is 2.28. The fraction of sp³-hybridized carbons (Fsp3) is 0.318. The van der Waals surface area contributed by atoms with E-state index in [1.807, 2.05) is 41.1 Å². The van der Waals surface area contributed by atoms with Crippen LogP contribution in [0.3, 0.4) is 0 Å². The number of aromatic amines is 1. The molecule has 1 atom stereocenters. The number of rotatable bonds is 6. The zero-order valence-corrected chi connectivity index (χ0v) is 17.4. The van der Waals surface area contributed by atoms with Gasteiger partial charge in [-0.05, 0) is 43.5 Å².